The highest BCUT2D eigenvalue weighted by Gasteiger charge is 2.15. The summed E-state index contributed by atoms with van der Waals surface area (Å²) in [6.07, 6.45) is 1.41. The summed E-state index contributed by atoms with van der Waals surface area (Å²) in [5, 5.41) is 2.53. The Bertz CT molecular complexity index is 828. The van der Waals surface area contributed by atoms with E-state index < -0.39 is 24.2 Å². The molecule has 154 valence electrons. The van der Waals surface area contributed by atoms with Crippen LogP contribution in [-0.4, -0.2) is 55.5 Å². The summed E-state index contributed by atoms with van der Waals surface area (Å²) in [5.41, 5.74) is 0.657. The number of amides is 1. The molecule has 10 heteroatoms. The van der Waals surface area contributed by atoms with Crippen LogP contribution in [0.4, 0.5) is 20.3 Å². The number of rotatable bonds is 7. The molecule has 7 nitrogen and oxygen atoms in total. The number of ether oxygens (including phenoxy) is 2. The predicted molar refractivity (Wildman–Crippen MR) is 104 cm³/mol. The molecule has 0 spiro atoms. The molecule has 0 atom stereocenters. The highest BCUT2D eigenvalue weighted by molar-refractivity contribution is 7.99. The summed E-state index contributed by atoms with van der Waals surface area (Å²) in [7, 11) is 0. The van der Waals surface area contributed by atoms with Crippen LogP contribution in [0, 0.1) is 0 Å². The van der Waals surface area contributed by atoms with Crippen molar-refractivity contribution in [1.29, 1.82) is 0 Å². The highest BCUT2D eigenvalue weighted by atomic mass is 32.2. The minimum atomic E-state index is -2.51. The van der Waals surface area contributed by atoms with Crippen molar-refractivity contribution in [3.05, 3.63) is 48.2 Å². The van der Waals surface area contributed by atoms with E-state index in [1.54, 1.807) is 12.1 Å². The molecule has 1 N–H and O–H groups in total. The van der Waals surface area contributed by atoms with Crippen molar-refractivity contribution in [3.8, 4) is 0 Å². The van der Waals surface area contributed by atoms with Gasteiger partial charge in [0, 0.05) is 29.9 Å². The molecule has 0 saturated carbocycles. The van der Waals surface area contributed by atoms with Crippen molar-refractivity contribution in [1.82, 2.24) is 4.98 Å². The van der Waals surface area contributed by atoms with E-state index in [1.165, 1.54) is 30.5 Å². The minimum Gasteiger partial charge on any atom is -0.452 e. The average molecular weight is 423 g/mol. The van der Waals surface area contributed by atoms with Crippen LogP contribution < -0.4 is 10.2 Å². The maximum absolute atomic E-state index is 12.3. The number of carbonyl (C=O) groups excluding carboxylic acids is 2. The Labute approximate surface area is 170 Å². The van der Waals surface area contributed by atoms with E-state index in [1.807, 2.05) is 0 Å². The van der Waals surface area contributed by atoms with Crippen molar-refractivity contribution >= 4 is 35.1 Å². The first-order chi connectivity index (χ1) is 14.0. The van der Waals surface area contributed by atoms with Crippen LogP contribution >= 0.6 is 11.8 Å². The van der Waals surface area contributed by atoms with Crippen LogP contribution in [-0.2, 0) is 14.3 Å². The van der Waals surface area contributed by atoms with E-state index in [4.69, 9.17) is 9.47 Å². The molecule has 2 heterocycles. The number of hydrogen-bond acceptors (Lipinski definition) is 7. The van der Waals surface area contributed by atoms with Gasteiger partial charge >= 0.3 is 5.97 Å². The second-order valence-electron chi connectivity index (χ2n) is 6.03. The standard InChI is InChI=1S/C19H19F2N3O4S/c20-19(21)29-15-4-2-14(3-5-15)23-17(25)12-28-18(26)13-1-6-16(22-11-13)24-7-9-27-10-8-24/h1-6,11,19H,7-10,12H2,(H,23,25). The molecule has 1 amide bonds. The topological polar surface area (TPSA) is 80.8 Å². The molecule has 0 aliphatic carbocycles. The molecule has 0 unspecified atom stereocenters. The molecular weight excluding hydrogens is 404 g/mol. The van der Waals surface area contributed by atoms with Gasteiger partial charge in [-0.1, -0.05) is 11.8 Å². The fourth-order valence-corrected chi connectivity index (χ4v) is 3.12. The first kappa shape index (κ1) is 21.0. The van der Waals surface area contributed by atoms with Crippen molar-refractivity contribution in [3.63, 3.8) is 0 Å². The molecule has 2 aromatic rings. The number of benzene rings is 1. The maximum atomic E-state index is 12.3. The molecule has 1 aliphatic rings. The van der Waals surface area contributed by atoms with E-state index in [0.717, 1.165) is 18.9 Å². The fourth-order valence-electron chi connectivity index (χ4n) is 2.62. The van der Waals surface area contributed by atoms with Gasteiger partial charge in [0.1, 0.15) is 5.82 Å². The van der Waals surface area contributed by atoms with Gasteiger partial charge in [-0.25, -0.2) is 9.78 Å². The third-order valence-corrected chi connectivity index (χ3v) is 4.74. The number of morpholine rings is 1. The van der Waals surface area contributed by atoms with Crippen molar-refractivity contribution in [2.75, 3.05) is 43.1 Å². The third-order valence-electron chi connectivity index (χ3n) is 4.02. The van der Waals surface area contributed by atoms with Gasteiger partial charge in [0.15, 0.2) is 6.61 Å². The number of aromatic nitrogens is 1. The Morgan fingerprint density at radius 3 is 2.52 bits per heavy atom. The highest BCUT2D eigenvalue weighted by Crippen LogP contribution is 2.26. The zero-order valence-corrected chi connectivity index (χ0v) is 16.2. The van der Waals surface area contributed by atoms with Gasteiger partial charge < -0.3 is 19.7 Å². The van der Waals surface area contributed by atoms with E-state index >= 15 is 0 Å². The maximum Gasteiger partial charge on any atom is 0.340 e. The molecule has 1 aromatic carbocycles. The number of hydrogen-bond donors (Lipinski definition) is 1. The van der Waals surface area contributed by atoms with Crippen molar-refractivity contribution < 1.29 is 27.8 Å². The first-order valence-corrected chi connectivity index (χ1v) is 9.70. The Hall–Kier alpha value is -2.72. The monoisotopic (exact) mass is 423 g/mol. The number of pyridine rings is 1. The van der Waals surface area contributed by atoms with E-state index in [-0.39, 0.29) is 5.56 Å². The van der Waals surface area contributed by atoms with Gasteiger partial charge in [0.05, 0.1) is 18.8 Å². The zero-order chi connectivity index (χ0) is 20.6. The Morgan fingerprint density at radius 1 is 1.17 bits per heavy atom. The number of halogens is 2. The lowest BCUT2D eigenvalue weighted by Crippen LogP contribution is -2.36. The number of esters is 1. The van der Waals surface area contributed by atoms with Gasteiger partial charge in [0.25, 0.3) is 11.7 Å². The molecule has 29 heavy (non-hydrogen) atoms. The smallest absolute Gasteiger partial charge is 0.340 e. The summed E-state index contributed by atoms with van der Waals surface area (Å²) in [6.45, 7) is 2.26. The third kappa shape index (κ3) is 6.40. The lowest BCUT2D eigenvalue weighted by Gasteiger charge is -2.27. The van der Waals surface area contributed by atoms with E-state index in [0.29, 0.717) is 35.6 Å². The Morgan fingerprint density at radius 2 is 1.90 bits per heavy atom. The lowest BCUT2D eigenvalue weighted by molar-refractivity contribution is -0.119. The van der Waals surface area contributed by atoms with Gasteiger partial charge in [-0.2, -0.15) is 8.78 Å². The van der Waals surface area contributed by atoms with Crippen LogP contribution in [0.3, 0.4) is 0 Å². The molecule has 3 rings (SSSR count). The minimum absolute atomic E-state index is 0.239. The molecular formula is C19H19F2N3O4S. The zero-order valence-electron chi connectivity index (χ0n) is 15.3. The van der Waals surface area contributed by atoms with Crippen molar-refractivity contribution in [2.45, 2.75) is 10.7 Å². The van der Waals surface area contributed by atoms with Crippen LogP contribution in [0.15, 0.2) is 47.5 Å². The first-order valence-electron chi connectivity index (χ1n) is 8.82. The van der Waals surface area contributed by atoms with Gasteiger partial charge in [0.2, 0.25) is 0 Å². The van der Waals surface area contributed by atoms with Gasteiger partial charge in [-0.15, -0.1) is 0 Å². The number of anilines is 2. The second kappa shape index (κ2) is 10.2. The summed E-state index contributed by atoms with van der Waals surface area (Å²) >= 11 is 0.417. The lowest BCUT2D eigenvalue weighted by atomic mass is 10.2. The Kier molecular flexibility index (Phi) is 7.36. The normalized spacial score (nSPS) is 14.0. The second-order valence-corrected chi connectivity index (χ2v) is 7.10. The van der Waals surface area contributed by atoms with Crippen molar-refractivity contribution in [2.24, 2.45) is 0 Å². The molecule has 0 radical (unpaired) electrons. The number of thioether (sulfide) groups is 1. The quantitative estimate of drug-likeness (QED) is 0.542. The fraction of sp³-hybridized carbons (Fsp3) is 0.316. The molecule has 1 aliphatic heterocycles. The summed E-state index contributed by atoms with van der Waals surface area (Å²) in [5.74, 6) is -2.96. The van der Waals surface area contributed by atoms with Crippen LogP contribution in [0.2, 0.25) is 0 Å². The van der Waals surface area contributed by atoms with E-state index in [2.05, 4.69) is 15.2 Å². The average Bonchev–Trinajstić information content (AvgIpc) is 2.74. The summed E-state index contributed by atoms with van der Waals surface area (Å²) in [4.78, 5) is 30.7. The number of nitrogens with zero attached hydrogens (tertiary/aromatic N) is 2. The van der Waals surface area contributed by atoms with Gasteiger partial charge in [-0.3, -0.25) is 4.79 Å². The van der Waals surface area contributed by atoms with E-state index in [9.17, 15) is 18.4 Å². The molecule has 1 aromatic heterocycles. The molecule has 1 saturated heterocycles. The number of nitrogens with one attached hydrogen (secondary N) is 1. The Balaban J connectivity index is 1.46. The van der Waals surface area contributed by atoms with Crippen LogP contribution in [0.5, 0.6) is 0 Å². The predicted octanol–water partition coefficient (Wildman–Crippen LogP) is 3.03. The number of alkyl halides is 2. The largest absolute Gasteiger partial charge is 0.452 e. The molecule has 1 fully saturated rings. The summed E-state index contributed by atoms with van der Waals surface area (Å²) in [6, 6.07) is 9.26. The number of carbonyl (C=O) groups is 2. The van der Waals surface area contributed by atoms with Crippen LogP contribution in [0.1, 0.15) is 10.4 Å². The SMILES string of the molecule is O=C(COC(=O)c1ccc(N2CCOCC2)nc1)Nc1ccc(SC(F)F)cc1. The van der Waals surface area contributed by atoms with Crippen LogP contribution in [0.25, 0.3) is 0 Å². The summed E-state index contributed by atoms with van der Waals surface area (Å²) < 4.78 is 34.9. The van der Waals surface area contributed by atoms with Gasteiger partial charge in [-0.05, 0) is 36.4 Å². The molecule has 0 bridgehead atoms.